The van der Waals surface area contributed by atoms with Crippen LogP contribution in [0.5, 0.6) is 0 Å². The normalized spacial score (nSPS) is 10.1. The van der Waals surface area contributed by atoms with Gasteiger partial charge in [-0.05, 0) is 37.1 Å². The van der Waals surface area contributed by atoms with Crippen molar-refractivity contribution in [2.45, 2.75) is 26.8 Å². The summed E-state index contributed by atoms with van der Waals surface area (Å²) in [6, 6.07) is 11.2. The van der Waals surface area contributed by atoms with Crippen molar-refractivity contribution < 1.29 is 4.92 Å². The van der Waals surface area contributed by atoms with Crippen LogP contribution in [0.3, 0.4) is 0 Å². The molecule has 6 nitrogen and oxygen atoms in total. The number of benzene rings is 1. The molecule has 2 rings (SSSR count). The van der Waals surface area contributed by atoms with E-state index >= 15 is 0 Å². The largest absolute Gasteiger partial charge is 0.352 e. The van der Waals surface area contributed by atoms with Gasteiger partial charge in [0.25, 0.3) is 5.69 Å². The van der Waals surface area contributed by atoms with Gasteiger partial charge in [-0.1, -0.05) is 19.1 Å². The van der Waals surface area contributed by atoms with Gasteiger partial charge < -0.3 is 4.90 Å². The molecule has 0 aliphatic rings. The molecule has 1 aromatic carbocycles. The van der Waals surface area contributed by atoms with E-state index in [1.54, 1.807) is 25.1 Å². The highest BCUT2D eigenvalue weighted by atomic mass is 16.6. The Kier molecular flexibility index (Phi) is 5.26. The summed E-state index contributed by atoms with van der Waals surface area (Å²) < 4.78 is 0. The topological polar surface area (TPSA) is 83.1 Å². The van der Waals surface area contributed by atoms with Crippen molar-refractivity contribution in [3.8, 4) is 6.07 Å². The minimum Gasteiger partial charge on any atom is -0.352 e. The highest BCUT2D eigenvalue weighted by molar-refractivity contribution is 5.49. The van der Waals surface area contributed by atoms with Gasteiger partial charge in [-0.3, -0.25) is 10.1 Å². The SMILES string of the molecule is CCCN(Cc1ccc(C#N)cc1)c1cc(C)c([N+](=O)[O-])cn1. The summed E-state index contributed by atoms with van der Waals surface area (Å²) in [6.07, 6.45) is 2.25. The van der Waals surface area contributed by atoms with Crippen LogP contribution in [0.25, 0.3) is 0 Å². The van der Waals surface area contributed by atoms with Gasteiger partial charge in [0.15, 0.2) is 0 Å². The van der Waals surface area contributed by atoms with Crippen molar-refractivity contribution >= 4 is 11.5 Å². The molecule has 0 saturated heterocycles. The second-order valence-corrected chi connectivity index (χ2v) is 5.32. The zero-order valence-electron chi connectivity index (χ0n) is 13.2. The van der Waals surface area contributed by atoms with Gasteiger partial charge in [-0.25, -0.2) is 4.98 Å². The average Bonchev–Trinajstić information content (AvgIpc) is 2.54. The van der Waals surface area contributed by atoms with Crippen molar-refractivity contribution in [3.05, 3.63) is 63.3 Å². The molecule has 0 radical (unpaired) electrons. The van der Waals surface area contributed by atoms with Crippen molar-refractivity contribution in [1.29, 1.82) is 5.26 Å². The minimum atomic E-state index is -0.420. The smallest absolute Gasteiger partial charge is 0.290 e. The summed E-state index contributed by atoms with van der Waals surface area (Å²) in [4.78, 5) is 16.8. The Labute approximate surface area is 135 Å². The summed E-state index contributed by atoms with van der Waals surface area (Å²) in [5, 5.41) is 19.8. The van der Waals surface area contributed by atoms with Crippen molar-refractivity contribution in [3.63, 3.8) is 0 Å². The first-order chi connectivity index (χ1) is 11.0. The molecule has 0 atom stereocenters. The fourth-order valence-corrected chi connectivity index (χ4v) is 2.35. The minimum absolute atomic E-state index is 0.0311. The number of rotatable bonds is 6. The van der Waals surface area contributed by atoms with Gasteiger partial charge in [0.05, 0.1) is 16.6 Å². The highest BCUT2D eigenvalue weighted by Gasteiger charge is 2.15. The van der Waals surface area contributed by atoms with Crippen LogP contribution < -0.4 is 4.90 Å². The highest BCUT2D eigenvalue weighted by Crippen LogP contribution is 2.23. The molecule has 0 fully saturated rings. The predicted octanol–water partition coefficient (Wildman–Crippen LogP) is 3.59. The van der Waals surface area contributed by atoms with Crippen molar-refractivity contribution in [2.24, 2.45) is 0 Å². The molecule has 0 saturated carbocycles. The summed E-state index contributed by atoms with van der Waals surface area (Å²) in [5.41, 5.74) is 2.32. The number of nitro groups is 1. The molecular weight excluding hydrogens is 292 g/mol. The predicted molar refractivity (Wildman–Crippen MR) is 88.1 cm³/mol. The zero-order chi connectivity index (χ0) is 16.8. The Hall–Kier alpha value is -2.94. The molecule has 0 aliphatic carbocycles. The molecule has 1 heterocycles. The van der Waals surface area contributed by atoms with Crippen molar-refractivity contribution in [1.82, 2.24) is 4.98 Å². The second-order valence-electron chi connectivity index (χ2n) is 5.32. The van der Waals surface area contributed by atoms with Crippen LogP contribution in [-0.2, 0) is 6.54 Å². The number of hydrogen-bond acceptors (Lipinski definition) is 5. The summed E-state index contributed by atoms with van der Waals surface area (Å²) in [7, 11) is 0. The van der Waals surface area contributed by atoms with Crippen LogP contribution in [0, 0.1) is 28.4 Å². The maximum atomic E-state index is 10.9. The van der Waals surface area contributed by atoms with Crippen molar-refractivity contribution in [2.75, 3.05) is 11.4 Å². The fourth-order valence-electron chi connectivity index (χ4n) is 2.35. The molecule has 2 aromatic rings. The van der Waals surface area contributed by atoms with Crippen LogP contribution in [0.2, 0.25) is 0 Å². The van der Waals surface area contributed by atoms with E-state index in [1.165, 1.54) is 6.20 Å². The lowest BCUT2D eigenvalue weighted by molar-refractivity contribution is -0.385. The first-order valence-electron chi connectivity index (χ1n) is 7.40. The first-order valence-corrected chi connectivity index (χ1v) is 7.40. The Balaban J connectivity index is 2.25. The molecular formula is C17H18N4O2. The molecule has 0 N–H and O–H groups in total. The van der Waals surface area contributed by atoms with E-state index in [2.05, 4.69) is 22.9 Å². The molecule has 0 unspecified atom stereocenters. The van der Waals surface area contributed by atoms with E-state index in [1.807, 2.05) is 12.1 Å². The number of aryl methyl sites for hydroxylation is 1. The van der Waals surface area contributed by atoms with Gasteiger partial charge in [0, 0.05) is 18.7 Å². The zero-order valence-corrected chi connectivity index (χ0v) is 13.2. The fraction of sp³-hybridized carbons (Fsp3) is 0.294. The number of pyridine rings is 1. The molecule has 23 heavy (non-hydrogen) atoms. The van der Waals surface area contributed by atoms with E-state index in [0.29, 0.717) is 17.7 Å². The van der Waals surface area contributed by atoms with Gasteiger partial charge in [-0.15, -0.1) is 0 Å². The summed E-state index contributed by atoms with van der Waals surface area (Å²) in [5.74, 6) is 0.722. The lowest BCUT2D eigenvalue weighted by Gasteiger charge is -2.23. The standard InChI is InChI=1S/C17H18N4O2/c1-3-8-20(12-15-6-4-14(10-18)5-7-15)17-9-13(2)16(11-19-17)21(22)23/h4-7,9,11H,3,8,12H2,1-2H3. The van der Waals surface area contributed by atoms with Crippen LogP contribution in [-0.4, -0.2) is 16.5 Å². The molecule has 0 bridgehead atoms. The first kappa shape index (κ1) is 16.4. The monoisotopic (exact) mass is 310 g/mol. The third-order valence-electron chi connectivity index (χ3n) is 3.54. The van der Waals surface area contributed by atoms with E-state index in [-0.39, 0.29) is 5.69 Å². The molecule has 118 valence electrons. The maximum absolute atomic E-state index is 10.9. The van der Waals surface area contributed by atoms with Gasteiger partial charge in [0.1, 0.15) is 12.0 Å². The van der Waals surface area contributed by atoms with Gasteiger partial charge in [0.2, 0.25) is 0 Å². The maximum Gasteiger partial charge on any atom is 0.290 e. The third kappa shape index (κ3) is 4.04. The van der Waals surface area contributed by atoms with Crippen LogP contribution in [0.4, 0.5) is 11.5 Å². The quantitative estimate of drug-likeness (QED) is 0.601. The van der Waals surface area contributed by atoms with Crippen LogP contribution in [0.1, 0.15) is 30.0 Å². The van der Waals surface area contributed by atoms with E-state index in [4.69, 9.17) is 5.26 Å². The summed E-state index contributed by atoms with van der Waals surface area (Å²) in [6.45, 7) is 5.23. The number of aromatic nitrogens is 1. The Bertz CT molecular complexity index is 735. The average molecular weight is 310 g/mol. The molecule has 0 aliphatic heterocycles. The number of nitrogens with zero attached hydrogens (tertiary/aromatic N) is 4. The lowest BCUT2D eigenvalue weighted by atomic mass is 10.1. The lowest BCUT2D eigenvalue weighted by Crippen LogP contribution is -2.24. The van der Waals surface area contributed by atoms with E-state index in [0.717, 1.165) is 24.3 Å². The Morgan fingerprint density at radius 3 is 2.57 bits per heavy atom. The Morgan fingerprint density at radius 1 is 1.35 bits per heavy atom. The molecule has 6 heteroatoms. The third-order valence-corrected chi connectivity index (χ3v) is 3.54. The van der Waals surface area contributed by atoms with Crippen LogP contribution in [0.15, 0.2) is 36.5 Å². The number of nitriles is 1. The molecule has 0 spiro atoms. The van der Waals surface area contributed by atoms with Gasteiger partial charge >= 0.3 is 0 Å². The number of hydrogen-bond donors (Lipinski definition) is 0. The van der Waals surface area contributed by atoms with E-state index in [9.17, 15) is 10.1 Å². The second kappa shape index (κ2) is 7.36. The van der Waals surface area contributed by atoms with E-state index < -0.39 is 4.92 Å². The summed E-state index contributed by atoms with van der Waals surface area (Å²) >= 11 is 0. The Morgan fingerprint density at radius 2 is 2.04 bits per heavy atom. The molecule has 1 aromatic heterocycles. The number of anilines is 1. The molecule has 0 amide bonds. The van der Waals surface area contributed by atoms with Crippen LogP contribution >= 0.6 is 0 Å². The van der Waals surface area contributed by atoms with Gasteiger partial charge in [-0.2, -0.15) is 5.26 Å².